The van der Waals surface area contributed by atoms with Crippen LogP contribution in [0.5, 0.6) is 0 Å². The highest BCUT2D eigenvalue weighted by Crippen LogP contribution is 2.24. The molecule has 3 aromatic heterocycles. The standard InChI is InChI=1S/C22H27N5O2/c1-15(2)20-18-12-17(14-25-22(18)29-26-20)21(28)24-13-16-7-8-23-19(11-16)27-9-5-3-4-6-10-27/h7-8,11-12,14-15H,3-6,9-10,13H2,1-2H3,(H,24,28). The summed E-state index contributed by atoms with van der Waals surface area (Å²) in [6.07, 6.45) is 8.34. The number of pyridine rings is 2. The number of anilines is 1. The van der Waals surface area contributed by atoms with Crippen molar-refractivity contribution in [3.05, 3.63) is 47.4 Å². The molecule has 1 aliphatic heterocycles. The molecule has 0 radical (unpaired) electrons. The summed E-state index contributed by atoms with van der Waals surface area (Å²) < 4.78 is 5.25. The molecular formula is C22H27N5O2. The lowest BCUT2D eigenvalue weighted by Crippen LogP contribution is -2.26. The lowest BCUT2D eigenvalue weighted by Gasteiger charge is -2.21. The summed E-state index contributed by atoms with van der Waals surface area (Å²) in [5.41, 5.74) is 2.82. The topological polar surface area (TPSA) is 84.1 Å². The minimum Gasteiger partial charge on any atom is -0.357 e. The Balaban J connectivity index is 1.45. The first-order valence-corrected chi connectivity index (χ1v) is 10.3. The van der Waals surface area contributed by atoms with Crippen LogP contribution in [-0.2, 0) is 6.54 Å². The van der Waals surface area contributed by atoms with Crippen LogP contribution < -0.4 is 10.2 Å². The van der Waals surface area contributed by atoms with E-state index in [1.165, 1.54) is 31.9 Å². The fraction of sp³-hybridized carbons (Fsp3) is 0.455. The van der Waals surface area contributed by atoms with E-state index in [4.69, 9.17) is 4.52 Å². The Morgan fingerprint density at radius 1 is 1.17 bits per heavy atom. The summed E-state index contributed by atoms with van der Waals surface area (Å²) in [6, 6.07) is 5.82. The van der Waals surface area contributed by atoms with Crippen LogP contribution in [0.15, 0.2) is 35.1 Å². The molecule has 1 amide bonds. The van der Waals surface area contributed by atoms with Gasteiger partial charge in [-0.1, -0.05) is 31.8 Å². The minimum absolute atomic E-state index is 0.163. The lowest BCUT2D eigenvalue weighted by molar-refractivity contribution is 0.0950. The third-order valence-electron chi connectivity index (χ3n) is 5.36. The Morgan fingerprint density at radius 2 is 1.97 bits per heavy atom. The van der Waals surface area contributed by atoms with Crippen LogP contribution in [0.1, 0.15) is 67.1 Å². The predicted octanol–water partition coefficient (Wildman–Crippen LogP) is 4.05. The predicted molar refractivity (Wildman–Crippen MR) is 112 cm³/mol. The van der Waals surface area contributed by atoms with Crippen molar-refractivity contribution in [1.29, 1.82) is 0 Å². The van der Waals surface area contributed by atoms with E-state index in [9.17, 15) is 4.79 Å². The smallest absolute Gasteiger partial charge is 0.257 e. The van der Waals surface area contributed by atoms with Crippen molar-refractivity contribution < 1.29 is 9.32 Å². The van der Waals surface area contributed by atoms with E-state index in [0.717, 1.165) is 35.6 Å². The molecule has 152 valence electrons. The molecule has 0 aliphatic carbocycles. The summed E-state index contributed by atoms with van der Waals surface area (Å²) in [6.45, 7) is 6.61. The SMILES string of the molecule is CC(C)c1noc2ncc(C(=O)NCc3ccnc(N4CCCCCC4)c3)cc12. The van der Waals surface area contributed by atoms with Gasteiger partial charge in [0.1, 0.15) is 5.82 Å². The highest BCUT2D eigenvalue weighted by Gasteiger charge is 2.16. The van der Waals surface area contributed by atoms with Gasteiger partial charge in [0.05, 0.1) is 16.6 Å². The summed E-state index contributed by atoms with van der Waals surface area (Å²) in [7, 11) is 0. The maximum absolute atomic E-state index is 12.7. The molecule has 0 bridgehead atoms. The fourth-order valence-electron chi connectivity index (χ4n) is 3.72. The van der Waals surface area contributed by atoms with E-state index >= 15 is 0 Å². The summed E-state index contributed by atoms with van der Waals surface area (Å²) in [5.74, 6) is 1.03. The molecule has 4 heterocycles. The molecule has 0 spiro atoms. The zero-order valence-electron chi connectivity index (χ0n) is 17.0. The minimum atomic E-state index is -0.163. The first-order chi connectivity index (χ1) is 14.1. The Morgan fingerprint density at radius 3 is 2.72 bits per heavy atom. The molecule has 1 fully saturated rings. The van der Waals surface area contributed by atoms with Crippen LogP contribution in [0.4, 0.5) is 5.82 Å². The third kappa shape index (κ3) is 4.39. The van der Waals surface area contributed by atoms with Gasteiger partial charge >= 0.3 is 0 Å². The zero-order chi connectivity index (χ0) is 20.2. The largest absolute Gasteiger partial charge is 0.357 e. The van der Waals surface area contributed by atoms with E-state index in [0.29, 0.717) is 17.8 Å². The molecule has 1 aliphatic rings. The maximum atomic E-state index is 12.7. The number of aromatic nitrogens is 3. The van der Waals surface area contributed by atoms with Crippen molar-refractivity contribution in [3.63, 3.8) is 0 Å². The van der Waals surface area contributed by atoms with Crippen molar-refractivity contribution in [2.45, 2.75) is 52.0 Å². The monoisotopic (exact) mass is 393 g/mol. The van der Waals surface area contributed by atoms with Crippen molar-refractivity contribution in [1.82, 2.24) is 20.4 Å². The van der Waals surface area contributed by atoms with E-state index in [1.54, 1.807) is 6.07 Å². The summed E-state index contributed by atoms with van der Waals surface area (Å²) >= 11 is 0. The number of hydrogen-bond acceptors (Lipinski definition) is 6. The van der Waals surface area contributed by atoms with Crippen molar-refractivity contribution in [2.24, 2.45) is 0 Å². The molecule has 3 aromatic rings. The highest BCUT2D eigenvalue weighted by molar-refractivity contribution is 5.97. The van der Waals surface area contributed by atoms with Gasteiger partial charge in [-0.2, -0.15) is 0 Å². The maximum Gasteiger partial charge on any atom is 0.257 e. The van der Waals surface area contributed by atoms with Crippen LogP contribution in [-0.4, -0.2) is 34.1 Å². The van der Waals surface area contributed by atoms with Gasteiger partial charge in [-0.15, -0.1) is 0 Å². The molecule has 0 aromatic carbocycles. The van der Waals surface area contributed by atoms with Gasteiger partial charge in [0, 0.05) is 32.0 Å². The van der Waals surface area contributed by atoms with Gasteiger partial charge in [0.25, 0.3) is 11.6 Å². The number of amides is 1. The lowest BCUT2D eigenvalue weighted by atomic mass is 10.1. The van der Waals surface area contributed by atoms with Gasteiger partial charge in [0.2, 0.25) is 0 Å². The molecule has 1 saturated heterocycles. The number of rotatable bonds is 5. The third-order valence-corrected chi connectivity index (χ3v) is 5.36. The molecule has 7 nitrogen and oxygen atoms in total. The number of hydrogen-bond donors (Lipinski definition) is 1. The summed E-state index contributed by atoms with van der Waals surface area (Å²) in [4.78, 5) is 23.8. The Kier molecular flexibility index (Phi) is 5.74. The molecule has 29 heavy (non-hydrogen) atoms. The van der Waals surface area contributed by atoms with Gasteiger partial charge in [-0.05, 0) is 42.5 Å². The Hall–Kier alpha value is -2.96. The number of carbonyl (C=O) groups excluding carboxylic acids is 1. The second-order valence-electron chi connectivity index (χ2n) is 7.91. The number of nitrogens with one attached hydrogen (secondary N) is 1. The highest BCUT2D eigenvalue weighted by atomic mass is 16.5. The molecule has 0 atom stereocenters. The molecule has 7 heteroatoms. The molecule has 4 rings (SSSR count). The molecule has 1 N–H and O–H groups in total. The van der Waals surface area contributed by atoms with Crippen LogP contribution >= 0.6 is 0 Å². The molecule has 0 saturated carbocycles. The molecular weight excluding hydrogens is 366 g/mol. The van der Waals surface area contributed by atoms with Gasteiger partial charge in [-0.3, -0.25) is 4.79 Å². The Labute approximate surface area is 170 Å². The van der Waals surface area contributed by atoms with Gasteiger partial charge in [0.15, 0.2) is 0 Å². The van der Waals surface area contributed by atoms with E-state index in [-0.39, 0.29) is 11.8 Å². The van der Waals surface area contributed by atoms with E-state index in [2.05, 4.69) is 31.4 Å². The van der Waals surface area contributed by atoms with Crippen molar-refractivity contribution >= 4 is 22.8 Å². The second-order valence-corrected chi connectivity index (χ2v) is 7.91. The van der Waals surface area contributed by atoms with Crippen LogP contribution in [0.2, 0.25) is 0 Å². The second kappa shape index (κ2) is 8.59. The van der Waals surface area contributed by atoms with Crippen LogP contribution in [0, 0.1) is 0 Å². The Bertz CT molecular complexity index is 990. The number of fused-ring (bicyclic) bond motifs is 1. The van der Waals surface area contributed by atoms with Crippen LogP contribution in [0.3, 0.4) is 0 Å². The van der Waals surface area contributed by atoms with E-state index < -0.39 is 0 Å². The normalized spacial score (nSPS) is 14.9. The first kappa shape index (κ1) is 19.4. The van der Waals surface area contributed by atoms with Crippen molar-refractivity contribution in [3.8, 4) is 0 Å². The summed E-state index contributed by atoms with van der Waals surface area (Å²) in [5, 5.41) is 7.85. The fourth-order valence-corrected chi connectivity index (χ4v) is 3.72. The molecule has 0 unspecified atom stereocenters. The number of carbonyl (C=O) groups is 1. The average molecular weight is 393 g/mol. The van der Waals surface area contributed by atoms with Crippen LogP contribution in [0.25, 0.3) is 11.1 Å². The van der Waals surface area contributed by atoms with Gasteiger partial charge < -0.3 is 14.7 Å². The van der Waals surface area contributed by atoms with E-state index in [1.807, 2.05) is 26.1 Å². The first-order valence-electron chi connectivity index (χ1n) is 10.3. The average Bonchev–Trinajstić information content (AvgIpc) is 2.97. The quantitative estimate of drug-likeness (QED) is 0.704. The number of nitrogens with zero attached hydrogens (tertiary/aromatic N) is 4. The zero-order valence-corrected chi connectivity index (χ0v) is 17.0. The van der Waals surface area contributed by atoms with Crippen molar-refractivity contribution in [2.75, 3.05) is 18.0 Å². The van der Waals surface area contributed by atoms with Gasteiger partial charge in [-0.25, -0.2) is 9.97 Å².